The van der Waals surface area contributed by atoms with E-state index in [1.165, 1.54) is 0 Å². The largest absolute Gasteiger partial charge is 0.497 e. The van der Waals surface area contributed by atoms with E-state index in [0.29, 0.717) is 48.6 Å². The van der Waals surface area contributed by atoms with Crippen LogP contribution in [0.25, 0.3) is 0 Å². The molecule has 0 saturated carbocycles. The molecule has 1 aliphatic rings. The minimum atomic E-state index is -0.699. The number of hydrogen-bond acceptors (Lipinski definition) is 5. The van der Waals surface area contributed by atoms with Gasteiger partial charge in [-0.2, -0.15) is 0 Å². The van der Waals surface area contributed by atoms with Crippen LogP contribution in [0.5, 0.6) is 11.5 Å². The predicted molar refractivity (Wildman–Crippen MR) is 138 cm³/mol. The summed E-state index contributed by atoms with van der Waals surface area (Å²) in [7, 11) is 3.14. The van der Waals surface area contributed by atoms with E-state index in [4.69, 9.17) is 9.47 Å². The van der Waals surface area contributed by atoms with Gasteiger partial charge in [-0.1, -0.05) is 19.9 Å². The molecule has 194 valence electrons. The van der Waals surface area contributed by atoms with Gasteiger partial charge in [0.05, 0.1) is 14.2 Å². The molecule has 1 saturated heterocycles. The van der Waals surface area contributed by atoms with Crippen molar-refractivity contribution in [3.63, 3.8) is 0 Å². The maximum Gasteiger partial charge on any atom is 0.253 e. The van der Waals surface area contributed by atoms with Gasteiger partial charge in [-0.05, 0) is 74.1 Å². The molecular formula is C28H37N3O5. The second kappa shape index (κ2) is 12.4. The molecule has 1 aliphatic heterocycles. The quantitative estimate of drug-likeness (QED) is 0.555. The van der Waals surface area contributed by atoms with Gasteiger partial charge >= 0.3 is 0 Å². The van der Waals surface area contributed by atoms with Crippen LogP contribution in [0, 0.1) is 11.8 Å². The van der Waals surface area contributed by atoms with Crippen molar-refractivity contribution in [3.05, 3.63) is 59.7 Å². The van der Waals surface area contributed by atoms with Crippen LogP contribution in [0.1, 0.15) is 54.3 Å². The summed E-state index contributed by atoms with van der Waals surface area (Å²) in [5, 5.41) is 6.02. The third-order valence-electron chi connectivity index (χ3n) is 6.91. The second-order valence-corrected chi connectivity index (χ2v) is 9.58. The average molecular weight is 496 g/mol. The van der Waals surface area contributed by atoms with Crippen molar-refractivity contribution in [3.8, 4) is 11.5 Å². The lowest BCUT2D eigenvalue weighted by Gasteiger charge is -2.36. The van der Waals surface area contributed by atoms with E-state index in [1.54, 1.807) is 67.7 Å². The van der Waals surface area contributed by atoms with Crippen molar-refractivity contribution < 1.29 is 23.9 Å². The molecule has 3 rings (SSSR count). The lowest BCUT2D eigenvalue weighted by molar-refractivity contribution is -0.125. The summed E-state index contributed by atoms with van der Waals surface area (Å²) in [4.78, 5) is 41.1. The smallest absolute Gasteiger partial charge is 0.253 e. The highest BCUT2D eigenvalue weighted by atomic mass is 16.5. The van der Waals surface area contributed by atoms with Gasteiger partial charge < -0.3 is 25.0 Å². The number of rotatable bonds is 9. The number of likely N-dealkylation sites (tertiary alicyclic amines) is 1. The molecule has 8 nitrogen and oxygen atoms in total. The van der Waals surface area contributed by atoms with Crippen molar-refractivity contribution in [1.82, 2.24) is 15.5 Å². The Morgan fingerprint density at radius 1 is 0.861 bits per heavy atom. The van der Waals surface area contributed by atoms with E-state index in [2.05, 4.69) is 10.6 Å². The summed E-state index contributed by atoms with van der Waals surface area (Å²) < 4.78 is 10.4. The summed E-state index contributed by atoms with van der Waals surface area (Å²) in [5.74, 6) is 0.868. The van der Waals surface area contributed by atoms with Crippen LogP contribution >= 0.6 is 0 Å². The van der Waals surface area contributed by atoms with Crippen LogP contribution in [0.2, 0.25) is 0 Å². The standard InChI is InChI=1S/C28H37N3O5/c1-18(2)19(3)29-27(33)25(30-26(32)21-9-11-23(35-4)12-10-21)20-13-15-31(16-14-20)28(34)22-7-6-8-24(17-22)36-5/h6-12,17-20,25H,13-16H2,1-5H3,(H,29,33)(H,30,32). The Morgan fingerprint density at radius 3 is 2.08 bits per heavy atom. The van der Waals surface area contributed by atoms with Gasteiger partial charge in [-0.25, -0.2) is 0 Å². The van der Waals surface area contributed by atoms with Crippen molar-refractivity contribution in [2.24, 2.45) is 11.8 Å². The molecule has 2 N–H and O–H groups in total. The monoisotopic (exact) mass is 495 g/mol. The maximum absolute atomic E-state index is 13.3. The average Bonchev–Trinajstić information content (AvgIpc) is 2.91. The zero-order valence-corrected chi connectivity index (χ0v) is 21.7. The highest BCUT2D eigenvalue weighted by Crippen LogP contribution is 2.24. The highest BCUT2D eigenvalue weighted by Gasteiger charge is 2.35. The molecule has 0 spiro atoms. The zero-order chi connectivity index (χ0) is 26.2. The Bertz CT molecular complexity index is 1050. The van der Waals surface area contributed by atoms with Gasteiger partial charge in [-0.3, -0.25) is 14.4 Å². The third kappa shape index (κ3) is 6.77. The molecule has 2 atom stereocenters. The van der Waals surface area contributed by atoms with E-state index >= 15 is 0 Å². The Morgan fingerprint density at radius 2 is 1.50 bits per heavy atom. The first-order valence-electron chi connectivity index (χ1n) is 12.4. The number of piperidine rings is 1. The molecule has 0 radical (unpaired) electrons. The molecule has 0 aromatic heterocycles. The van der Waals surface area contributed by atoms with Crippen LogP contribution in [0.4, 0.5) is 0 Å². The normalized spacial score (nSPS) is 15.7. The number of methoxy groups -OCH3 is 2. The number of nitrogens with zero attached hydrogens (tertiary/aromatic N) is 1. The molecule has 2 unspecified atom stereocenters. The molecule has 36 heavy (non-hydrogen) atoms. The van der Waals surface area contributed by atoms with E-state index in [9.17, 15) is 14.4 Å². The fourth-order valence-electron chi connectivity index (χ4n) is 4.22. The van der Waals surface area contributed by atoms with Gasteiger partial charge in [0.2, 0.25) is 5.91 Å². The molecule has 8 heteroatoms. The first kappa shape index (κ1) is 27.0. The summed E-state index contributed by atoms with van der Waals surface area (Å²) >= 11 is 0. The summed E-state index contributed by atoms with van der Waals surface area (Å²) in [6.07, 6.45) is 1.21. The molecule has 1 heterocycles. The van der Waals surface area contributed by atoms with Gasteiger partial charge in [0.1, 0.15) is 17.5 Å². The molecule has 0 bridgehead atoms. The number of amides is 3. The van der Waals surface area contributed by atoms with Gasteiger partial charge in [0, 0.05) is 30.3 Å². The highest BCUT2D eigenvalue weighted by molar-refractivity contribution is 5.98. The Hall–Kier alpha value is -3.55. The molecule has 0 aliphatic carbocycles. The Kier molecular flexibility index (Phi) is 9.33. The SMILES string of the molecule is COc1ccc(C(=O)NC(C(=O)NC(C)C(C)C)C2CCN(C(=O)c3cccc(OC)c3)CC2)cc1. The van der Waals surface area contributed by atoms with Gasteiger partial charge in [-0.15, -0.1) is 0 Å². The van der Waals surface area contributed by atoms with Gasteiger partial charge in [0.15, 0.2) is 0 Å². The van der Waals surface area contributed by atoms with Crippen LogP contribution in [0.3, 0.4) is 0 Å². The summed E-state index contributed by atoms with van der Waals surface area (Å²) in [5.41, 5.74) is 1.02. The van der Waals surface area contributed by atoms with Crippen LogP contribution in [-0.4, -0.2) is 62.0 Å². The third-order valence-corrected chi connectivity index (χ3v) is 6.91. The fraction of sp³-hybridized carbons (Fsp3) is 0.464. The summed E-state index contributed by atoms with van der Waals surface area (Å²) in [6, 6.07) is 13.1. The van der Waals surface area contributed by atoms with E-state index in [0.717, 1.165) is 0 Å². The van der Waals surface area contributed by atoms with E-state index < -0.39 is 6.04 Å². The first-order valence-corrected chi connectivity index (χ1v) is 12.4. The second-order valence-electron chi connectivity index (χ2n) is 9.58. The number of nitrogens with one attached hydrogen (secondary N) is 2. The Labute approximate surface area is 213 Å². The van der Waals surface area contributed by atoms with Crippen LogP contribution < -0.4 is 20.1 Å². The minimum Gasteiger partial charge on any atom is -0.497 e. The lowest BCUT2D eigenvalue weighted by atomic mass is 9.87. The molecule has 2 aromatic carbocycles. The lowest BCUT2D eigenvalue weighted by Crippen LogP contribution is -2.55. The Balaban J connectivity index is 1.71. The number of hydrogen-bond donors (Lipinski definition) is 2. The van der Waals surface area contributed by atoms with Crippen LogP contribution in [-0.2, 0) is 4.79 Å². The van der Waals surface area contributed by atoms with Gasteiger partial charge in [0.25, 0.3) is 11.8 Å². The van der Waals surface area contributed by atoms with E-state index in [1.807, 2.05) is 20.8 Å². The van der Waals surface area contributed by atoms with Crippen LogP contribution in [0.15, 0.2) is 48.5 Å². The van der Waals surface area contributed by atoms with E-state index in [-0.39, 0.29) is 35.6 Å². The molecule has 1 fully saturated rings. The molecular weight excluding hydrogens is 458 g/mol. The number of ether oxygens (including phenoxy) is 2. The number of carbonyl (C=O) groups is 3. The minimum absolute atomic E-state index is 0.0346. The summed E-state index contributed by atoms with van der Waals surface area (Å²) in [6.45, 7) is 7.04. The van der Waals surface area contributed by atoms with Crippen molar-refractivity contribution in [1.29, 1.82) is 0 Å². The van der Waals surface area contributed by atoms with Crippen molar-refractivity contribution in [2.75, 3.05) is 27.3 Å². The molecule has 3 amide bonds. The first-order chi connectivity index (χ1) is 17.2. The number of benzene rings is 2. The maximum atomic E-state index is 13.3. The number of carbonyl (C=O) groups excluding carboxylic acids is 3. The zero-order valence-electron chi connectivity index (χ0n) is 21.7. The van der Waals surface area contributed by atoms with Crippen molar-refractivity contribution >= 4 is 17.7 Å². The van der Waals surface area contributed by atoms with Crippen molar-refractivity contribution in [2.45, 2.75) is 45.7 Å². The topological polar surface area (TPSA) is 97.0 Å². The molecule has 2 aromatic rings. The predicted octanol–water partition coefficient (Wildman–Crippen LogP) is 3.52. The fourth-order valence-corrected chi connectivity index (χ4v) is 4.22.